The lowest BCUT2D eigenvalue weighted by molar-refractivity contribution is 0.949. The van der Waals surface area contributed by atoms with E-state index in [4.69, 9.17) is 11.6 Å². The minimum atomic E-state index is 0.550. The van der Waals surface area contributed by atoms with Crippen LogP contribution in [-0.2, 0) is 0 Å². The molecule has 2 heterocycles. The Kier molecular flexibility index (Phi) is 5.12. The number of halogens is 1. The number of benzene rings is 2. The first-order valence-corrected chi connectivity index (χ1v) is 9.53. The molecule has 0 atom stereocenters. The molecule has 1 aromatic heterocycles. The van der Waals surface area contributed by atoms with Crippen LogP contribution in [-0.4, -0.2) is 23.1 Å². The molecular formula is C21H22ClN5. The van der Waals surface area contributed by atoms with Gasteiger partial charge in [-0.1, -0.05) is 17.7 Å². The van der Waals surface area contributed by atoms with Crippen LogP contribution < -0.4 is 15.5 Å². The van der Waals surface area contributed by atoms with Gasteiger partial charge in [0.05, 0.1) is 0 Å². The number of nitrogens with zero attached hydrogens (tertiary/aromatic N) is 3. The molecule has 27 heavy (non-hydrogen) atoms. The van der Waals surface area contributed by atoms with Crippen molar-refractivity contribution in [1.82, 2.24) is 9.97 Å². The zero-order valence-electron chi connectivity index (χ0n) is 15.2. The minimum absolute atomic E-state index is 0.550. The molecule has 4 rings (SSSR count). The summed E-state index contributed by atoms with van der Waals surface area (Å²) in [5.41, 5.74) is 4.27. The second-order valence-corrected chi connectivity index (χ2v) is 7.15. The van der Waals surface area contributed by atoms with Gasteiger partial charge in [0, 0.05) is 41.4 Å². The van der Waals surface area contributed by atoms with Gasteiger partial charge in [-0.05, 0) is 67.8 Å². The molecule has 0 unspecified atom stereocenters. The Balaban J connectivity index is 1.46. The predicted octanol–water partition coefficient (Wildman–Crippen LogP) is 5.53. The van der Waals surface area contributed by atoms with Crippen molar-refractivity contribution in [1.29, 1.82) is 0 Å². The van der Waals surface area contributed by atoms with Gasteiger partial charge in [0.2, 0.25) is 5.95 Å². The lowest BCUT2D eigenvalue weighted by atomic mass is 10.2. The first kappa shape index (κ1) is 17.6. The van der Waals surface area contributed by atoms with Crippen LogP contribution in [0.15, 0.2) is 54.7 Å². The summed E-state index contributed by atoms with van der Waals surface area (Å²) in [6, 6.07) is 16.0. The number of hydrogen-bond acceptors (Lipinski definition) is 5. The average Bonchev–Trinajstić information content (AvgIpc) is 3.20. The number of hydrogen-bond donors (Lipinski definition) is 2. The van der Waals surface area contributed by atoms with Crippen LogP contribution in [0.5, 0.6) is 0 Å². The summed E-state index contributed by atoms with van der Waals surface area (Å²) < 4.78 is 0. The Labute approximate surface area is 164 Å². The van der Waals surface area contributed by atoms with Crippen LogP contribution in [0, 0.1) is 6.92 Å². The summed E-state index contributed by atoms with van der Waals surface area (Å²) in [5, 5.41) is 7.26. The summed E-state index contributed by atoms with van der Waals surface area (Å²) in [5.74, 6) is 1.26. The highest BCUT2D eigenvalue weighted by atomic mass is 35.5. The maximum atomic E-state index is 6.09. The highest BCUT2D eigenvalue weighted by molar-refractivity contribution is 6.30. The van der Waals surface area contributed by atoms with Crippen LogP contribution in [0.25, 0.3) is 0 Å². The molecule has 2 N–H and O–H groups in total. The molecule has 0 radical (unpaired) electrons. The molecule has 1 aliphatic rings. The van der Waals surface area contributed by atoms with Crippen LogP contribution >= 0.6 is 11.6 Å². The van der Waals surface area contributed by atoms with Crippen molar-refractivity contribution in [2.24, 2.45) is 0 Å². The average molecular weight is 380 g/mol. The molecule has 0 bridgehead atoms. The topological polar surface area (TPSA) is 53.1 Å². The minimum Gasteiger partial charge on any atom is -0.372 e. The molecule has 1 fully saturated rings. The van der Waals surface area contributed by atoms with Crippen molar-refractivity contribution in [2.45, 2.75) is 19.8 Å². The summed E-state index contributed by atoms with van der Waals surface area (Å²) >= 11 is 6.09. The van der Waals surface area contributed by atoms with E-state index in [1.807, 2.05) is 31.2 Å². The van der Waals surface area contributed by atoms with Crippen molar-refractivity contribution >= 4 is 40.4 Å². The third-order valence-electron chi connectivity index (χ3n) is 4.71. The van der Waals surface area contributed by atoms with Crippen molar-refractivity contribution in [2.75, 3.05) is 28.6 Å². The third kappa shape index (κ3) is 4.31. The van der Waals surface area contributed by atoms with Gasteiger partial charge in [-0.2, -0.15) is 4.98 Å². The van der Waals surface area contributed by atoms with Gasteiger partial charge in [-0.3, -0.25) is 0 Å². The Bertz CT molecular complexity index is 920. The standard InChI is InChI=1S/C21H22ClN5/c1-15-4-5-16(22)14-19(15)25-20-10-11-23-21(26-20)24-17-6-8-18(9-7-17)27-12-2-3-13-27/h4-11,14H,2-3,12-13H2,1H3,(H2,23,24,25,26). The molecule has 1 saturated heterocycles. The lowest BCUT2D eigenvalue weighted by Crippen LogP contribution is -2.17. The highest BCUT2D eigenvalue weighted by Gasteiger charge is 2.12. The van der Waals surface area contributed by atoms with Crippen molar-refractivity contribution in [3.63, 3.8) is 0 Å². The zero-order valence-corrected chi connectivity index (χ0v) is 16.0. The third-order valence-corrected chi connectivity index (χ3v) is 4.95. The number of nitrogens with one attached hydrogen (secondary N) is 2. The number of aromatic nitrogens is 2. The van der Waals surface area contributed by atoms with Gasteiger partial charge in [0.15, 0.2) is 0 Å². The van der Waals surface area contributed by atoms with Crippen LogP contribution in [0.3, 0.4) is 0 Å². The second-order valence-electron chi connectivity index (χ2n) is 6.72. The first-order chi connectivity index (χ1) is 13.2. The Hall–Kier alpha value is -2.79. The van der Waals surface area contributed by atoms with E-state index >= 15 is 0 Å². The number of aryl methyl sites for hydroxylation is 1. The van der Waals surface area contributed by atoms with Gasteiger partial charge in [-0.15, -0.1) is 0 Å². The fraction of sp³-hybridized carbons (Fsp3) is 0.238. The monoisotopic (exact) mass is 379 g/mol. The molecule has 0 saturated carbocycles. The lowest BCUT2D eigenvalue weighted by Gasteiger charge is -2.17. The molecule has 138 valence electrons. The fourth-order valence-electron chi connectivity index (χ4n) is 3.22. The predicted molar refractivity (Wildman–Crippen MR) is 113 cm³/mol. The Morgan fingerprint density at radius 1 is 0.963 bits per heavy atom. The van der Waals surface area contributed by atoms with Crippen LogP contribution in [0.4, 0.5) is 28.8 Å². The van der Waals surface area contributed by atoms with E-state index in [2.05, 4.69) is 49.8 Å². The van der Waals surface area contributed by atoms with E-state index < -0.39 is 0 Å². The van der Waals surface area contributed by atoms with E-state index in [0.717, 1.165) is 30.0 Å². The zero-order chi connectivity index (χ0) is 18.6. The SMILES string of the molecule is Cc1ccc(Cl)cc1Nc1ccnc(Nc2ccc(N3CCCC3)cc2)n1. The summed E-state index contributed by atoms with van der Waals surface area (Å²) in [7, 11) is 0. The summed E-state index contributed by atoms with van der Waals surface area (Å²) in [6.45, 7) is 4.32. The van der Waals surface area contributed by atoms with E-state index in [1.54, 1.807) is 6.20 Å². The fourth-order valence-corrected chi connectivity index (χ4v) is 3.39. The molecule has 2 aromatic carbocycles. The highest BCUT2D eigenvalue weighted by Crippen LogP contribution is 2.25. The van der Waals surface area contributed by atoms with E-state index in [1.165, 1.54) is 18.5 Å². The molecule has 5 nitrogen and oxygen atoms in total. The van der Waals surface area contributed by atoms with E-state index in [0.29, 0.717) is 16.8 Å². The largest absolute Gasteiger partial charge is 0.372 e. The molecular weight excluding hydrogens is 358 g/mol. The van der Waals surface area contributed by atoms with E-state index in [-0.39, 0.29) is 0 Å². The van der Waals surface area contributed by atoms with E-state index in [9.17, 15) is 0 Å². The molecule has 0 spiro atoms. The normalized spacial score (nSPS) is 13.6. The van der Waals surface area contributed by atoms with Gasteiger partial charge in [0.25, 0.3) is 0 Å². The Morgan fingerprint density at radius 3 is 2.52 bits per heavy atom. The molecule has 0 aliphatic carbocycles. The quantitative estimate of drug-likeness (QED) is 0.610. The number of rotatable bonds is 5. The molecule has 0 amide bonds. The van der Waals surface area contributed by atoms with Crippen molar-refractivity contribution < 1.29 is 0 Å². The van der Waals surface area contributed by atoms with Gasteiger partial charge >= 0.3 is 0 Å². The summed E-state index contributed by atoms with van der Waals surface area (Å²) in [4.78, 5) is 11.3. The van der Waals surface area contributed by atoms with Crippen LogP contribution in [0.2, 0.25) is 5.02 Å². The molecule has 6 heteroatoms. The second kappa shape index (κ2) is 7.84. The maximum Gasteiger partial charge on any atom is 0.229 e. The van der Waals surface area contributed by atoms with Crippen molar-refractivity contribution in [3.8, 4) is 0 Å². The van der Waals surface area contributed by atoms with Crippen LogP contribution in [0.1, 0.15) is 18.4 Å². The van der Waals surface area contributed by atoms with Crippen molar-refractivity contribution in [3.05, 3.63) is 65.3 Å². The van der Waals surface area contributed by atoms with Gasteiger partial charge < -0.3 is 15.5 Å². The number of anilines is 5. The molecule has 3 aromatic rings. The maximum absolute atomic E-state index is 6.09. The van der Waals surface area contributed by atoms with Gasteiger partial charge in [-0.25, -0.2) is 4.98 Å². The smallest absolute Gasteiger partial charge is 0.229 e. The Morgan fingerprint density at radius 2 is 1.74 bits per heavy atom. The van der Waals surface area contributed by atoms with Gasteiger partial charge in [0.1, 0.15) is 5.82 Å². The molecule has 1 aliphatic heterocycles. The summed E-state index contributed by atoms with van der Waals surface area (Å²) in [6.07, 6.45) is 4.29. The first-order valence-electron chi connectivity index (χ1n) is 9.16.